The Bertz CT molecular complexity index is 805. The fourth-order valence-electron chi connectivity index (χ4n) is 4.37. The molecule has 1 aromatic heterocycles. The zero-order valence-electron chi connectivity index (χ0n) is 17.8. The van der Waals surface area contributed by atoms with Crippen LogP contribution in [-0.2, 0) is 12.0 Å². The van der Waals surface area contributed by atoms with Crippen LogP contribution in [0, 0.1) is 11.7 Å². The van der Waals surface area contributed by atoms with Crippen molar-refractivity contribution < 1.29 is 9.13 Å². The third-order valence-corrected chi connectivity index (χ3v) is 6.34. The first-order chi connectivity index (χ1) is 13.9. The van der Waals surface area contributed by atoms with Crippen LogP contribution in [0.2, 0.25) is 5.15 Å². The molecule has 0 unspecified atom stereocenters. The standard InChI is InChI=1S/C24H32ClFN2O/c1-24(2,21-15-20(26)8-9-22(21)29-3)11-13-28(16-18-6-4-5-7-18)17-19-10-12-27-23(25)14-19/h8-10,12,14-15,18H,4-7,11,13,16-17H2,1-3H3. The monoisotopic (exact) mass is 418 g/mol. The maximum atomic E-state index is 13.9. The van der Waals surface area contributed by atoms with Gasteiger partial charge in [0.25, 0.3) is 0 Å². The van der Waals surface area contributed by atoms with Crippen LogP contribution in [0.5, 0.6) is 5.75 Å². The van der Waals surface area contributed by atoms with Crippen LogP contribution >= 0.6 is 11.6 Å². The third-order valence-electron chi connectivity index (χ3n) is 6.13. The molecule has 1 fully saturated rings. The maximum absolute atomic E-state index is 13.9. The first kappa shape index (κ1) is 22.0. The Labute approximate surface area is 179 Å². The number of hydrogen-bond acceptors (Lipinski definition) is 3. The number of nitrogens with zero attached hydrogens (tertiary/aromatic N) is 2. The largest absolute Gasteiger partial charge is 0.496 e. The van der Waals surface area contributed by atoms with Gasteiger partial charge in [-0.05, 0) is 73.0 Å². The van der Waals surface area contributed by atoms with E-state index in [0.29, 0.717) is 5.15 Å². The number of pyridine rings is 1. The van der Waals surface area contributed by atoms with Crippen molar-refractivity contribution in [2.45, 2.75) is 57.9 Å². The van der Waals surface area contributed by atoms with Crippen molar-refractivity contribution in [1.82, 2.24) is 9.88 Å². The molecule has 29 heavy (non-hydrogen) atoms. The van der Waals surface area contributed by atoms with E-state index < -0.39 is 0 Å². The first-order valence-corrected chi connectivity index (χ1v) is 10.9. The van der Waals surface area contributed by atoms with E-state index in [4.69, 9.17) is 16.3 Å². The van der Waals surface area contributed by atoms with E-state index in [-0.39, 0.29) is 11.2 Å². The molecule has 1 heterocycles. The van der Waals surface area contributed by atoms with Gasteiger partial charge < -0.3 is 4.74 Å². The molecular weight excluding hydrogens is 387 g/mol. The summed E-state index contributed by atoms with van der Waals surface area (Å²) in [6.07, 6.45) is 7.99. The number of methoxy groups -OCH3 is 1. The van der Waals surface area contributed by atoms with Crippen molar-refractivity contribution in [2.24, 2.45) is 5.92 Å². The molecular formula is C24H32ClFN2O. The van der Waals surface area contributed by atoms with Crippen molar-refractivity contribution in [3.8, 4) is 5.75 Å². The van der Waals surface area contributed by atoms with Gasteiger partial charge in [-0.3, -0.25) is 4.90 Å². The molecule has 5 heteroatoms. The maximum Gasteiger partial charge on any atom is 0.129 e. The molecule has 158 valence electrons. The highest BCUT2D eigenvalue weighted by Crippen LogP contribution is 2.35. The molecule has 1 aliphatic carbocycles. The Morgan fingerprint density at radius 1 is 1.21 bits per heavy atom. The minimum Gasteiger partial charge on any atom is -0.496 e. The molecule has 0 atom stereocenters. The smallest absolute Gasteiger partial charge is 0.129 e. The van der Waals surface area contributed by atoms with Crippen LogP contribution < -0.4 is 4.74 Å². The molecule has 3 rings (SSSR count). The normalized spacial score (nSPS) is 15.2. The summed E-state index contributed by atoms with van der Waals surface area (Å²) < 4.78 is 19.4. The lowest BCUT2D eigenvalue weighted by atomic mass is 9.80. The van der Waals surface area contributed by atoms with Gasteiger partial charge >= 0.3 is 0 Å². The van der Waals surface area contributed by atoms with Crippen LogP contribution in [0.15, 0.2) is 36.5 Å². The molecule has 0 saturated heterocycles. The number of halogens is 2. The van der Waals surface area contributed by atoms with Crippen molar-refractivity contribution in [3.05, 3.63) is 58.6 Å². The van der Waals surface area contributed by atoms with E-state index in [1.807, 2.05) is 12.1 Å². The molecule has 3 nitrogen and oxygen atoms in total. The fourth-order valence-corrected chi connectivity index (χ4v) is 4.57. The fraction of sp³-hybridized carbons (Fsp3) is 0.542. The van der Waals surface area contributed by atoms with Crippen LogP contribution in [0.1, 0.15) is 57.1 Å². The highest BCUT2D eigenvalue weighted by atomic mass is 35.5. The molecule has 0 radical (unpaired) electrons. The van der Waals surface area contributed by atoms with Gasteiger partial charge in [0.05, 0.1) is 7.11 Å². The Kier molecular flexibility index (Phi) is 7.53. The lowest BCUT2D eigenvalue weighted by molar-refractivity contribution is 0.204. The van der Waals surface area contributed by atoms with Crippen LogP contribution in [0.25, 0.3) is 0 Å². The quantitative estimate of drug-likeness (QED) is 0.450. The van der Waals surface area contributed by atoms with Crippen LogP contribution in [-0.4, -0.2) is 30.1 Å². The molecule has 0 N–H and O–H groups in total. The number of aromatic nitrogens is 1. The average Bonchev–Trinajstić information content (AvgIpc) is 3.19. The molecule has 2 aromatic rings. The Hall–Kier alpha value is -1.65. The summed E-state index contributed by atoms with van der Waals surface area (Å²) >= 11 is 6.10. The highest BCUT2D eigenvalue weighted by molar-refractivity contribution is 6.29. The van der Waals surface area contributed by atoms with Crippen molar-refractivity contribution in [3.63, 3.8) is 0 Å². The Balaban J connectivity index is 1.73. The highest BCUT2D eigenvalue weighted by Gasteiger charge is 2.27. The Morgan fingerprint density at radius 2 is 1.97 bits per heavy atom. The van der Waals surface area contributed by atoms with E-state index in [1.165, 1.54) is 37.3 Å². The molecule has 0 aliphatic heterocycles. The minimum atomic E-state index is -0.219. The zero-order chi connectivity index (χ0) is 20.9. The van der Waals surface area contributed by atoms with Gasteiger partial charge in [-0.1, -0.05) is 38.3 Å². The average molecular weight is 419 g/mol. The van der Waals surface area contributed by atoms with Crippen molar-refractivity contribution >= 4 is 11.6 Å². The SMILES string of the molecule is COc1ccc(F)cc1C(C)(C)CCN(Cc1ccnc(Cl)c1)CC1CCCC1. The van der Waals surface area contributed by atoms with E-state index in [0.717, 1.165) is 43.3 Å². The van der Waals surface area contributed by atoms with E-state index in [2.05, 4.69) is 23.7 Å². The molecule has 1 aliphatic rings. The van der Waals surface area contributed by atoms with Gasteiger partial charge in [-0.15, -0.1) is 0 Å². The lowest BCUT2D eigenvalue weighted by Gasteiger charge is -2.32. The molecule has 0 spiro atoms. The summed E-state index contributed by atoms with van der Waals surface area (Å²) in [6.45, 7) is 7.22. The van der Waals surface area contributed by atoms with Gasteiger partial charge in [0.2, 0.25) is 0 Å². The van der Waals surface area contributed by atoms with E-state index in [1.54, 1.807) is 25.4 Å². The van der Waals surface area contributed by atoms with Crippen LogP contribution in [0.3, 0.4) is 0 Å². The second-order valence-electron chi connectivity index (χ2n) is 8.85. The zero-order valence-corrected chi connectivity index (χ0v) is 18.5. The second-order valence-corrected chi connectivity index (χ2v) is 9.24. The van der Waals surface area contributed by atoms with Crippen LogP contribution in [0.4, 0.5) is 4.39 Å². The summed E-state index contributed by atoms with van der Waals surface area (Å²) in [5, 5.41) is 0.535. The minimum absolute atomic E-state index is 0.197. The van der Waals surface area contributed by atoms with Gasteiger partial charge in [0.1, 0.15) is 16.7 Å². The summed E-state index contributed by atoms with van der Waals surface area (Å²) in [4.78, 5) is 6.62. The van der Waals surface area contributed by atoms with Gasteiger partial charge in [0, 0.05) is 24.8 Å². The van der Waals surface area contributed by atoms with Crippen molar-refractivity contribution in [1.29, 1.82) is 0 Å². The second kappa shape index (κ2) is 9.90. The lowest BCUT2D eigenvalue weighted by Crippen LogP contribution is -2.33. The van der Waals surface area contributed by atoms with Gasteiger partial charge in [-0.25, -0.2) is 9.37 Å². The number of hydrogen-bond donors (Lipinski definition) is 0. The number of ether oxygens (including phenoxy) is 1. The first-order valence-electron chi connectivity index (χ1n) is 10.5. The summed E-state index contributed by atoms with van der Waals surface area (Å²) in [5.74, 6) is 1.29. The summed E-state index contributed by atoms with van der Waals surface area (Å²) in [5.41, 5.74) is 1.91. The molecule has 1 saturated carbocycles. The molecule has 0 amide bonds. The summed E-state index contributed by atoms with van der Waals surface area (Å²) in [6, 6.07) is 8.78. The van der Waals surface area contributed by atoms with E-state index >= 15 is 0 Å². The molecule has 1 aromatic carbocycles. The number of rotatable bonds is 9. The van der Waals surface area contributed by atoms with Crippen molar-refractivity contribution in [2.75, 3.05) is 20.2 Å². The number of benzene rings is 1. The summed E-state index contributed by atoms with van der Waals surface area (Å²) in [7, 11) is 1.65. The van der Waals surface area contributed by atoms with E-state index in [9.17, 15) is 4.39 Å². The third kappa shape index (κ3) is 6.16. The Morgan fingerprint density at radius 3 is 2.66 bits per heavy atom. The topological polar surface area (TPSA) is 25.4 Å². The predicted octanol–water partition coefficient (Wildman–Crippen LogP) is 6.24. The molecule has 0 bridgehead atoms. The van der Waals surface area contributed by atoms with Gasteiger partial charge in [0.15, 0.2) is 0 Å². The predicted molar refractivity (Wildman–Crippen MR) is 117 cm³/mol. The van der Waals surface area contributed by atoms with Gasteiger partial charge in [-0.2, -0.15) is 0 Å².